The Balaban J connectivity index is 1.86. The number of hydrogen-bond acceptors (Lipinski definition) is 5. The van der Waals surface area contributed by atoms with Crippen LogP contribution in [-0.4, -0.2) is 20.4 Å². The summed E-state index contributed by atoms with van der Waals surface area (Å²) in [5, 5.41) is 23.2. The lowest BCUT2D eigenvalue weighted by atomic mass is 10.1. The van der Waals surface area contributed by atoms with Crippen molar-refractivity contribution in [1.29, 1.82) is 0 Å². The van der Waals surface area contributed by atoms with E-state index in [-0.39, 0.29) is 17.4 Å². The number of aryl methyl sites for hydroxylation is 1. The summed E-state index contributed by atoms with van der Waals surface area (Å²) in [4.78, 5) is 4.25. The quantitative estimate of drug-likeness (QED) is 0.722. The molecule has 5 nitrogen and oxygen atoms in total. The minimum Gasteiger partial charge on any atom is -0.504 e. The molecule has 1 aromatic heterocycles. The van der Waals surface area contributed by atoms with Crippen LogP contribution in [0.1, 0.15) is 17.0 Å². The average molecular weight is 282 g/mol. The third-order valence-corrected chi connectivity index (χ3v) is 3.20. The molecule has 2 N–H and O–H groups in total. The molecule has 0 amide bonds. The van der Waals surface area contributed by atoms with Crippen molar-refractivity contribution in [2.45, 2.75) is 13.3 Å². The van der Waals surface area contributed by atoms with Gasteiger partial charge in [-0.25, -0.2) is 0 Å². The predicted octanol–water partition coefficient (Wildman–Crippen LogP) is 3.05. The molecule has 3 rings (SSSR count). The summed E-state index contributed by atoms with van der Waals surface area (Å²) in [6.07, 6.45) is 0.545. The zero-order valence-corrected chi connectivity index (χ0v) is 11.4. The zero-order valence-electron chi connectivity index (χ0n) is 11.4. The summed E-state index contributed by atoms with van der Waals surface area (Å²) in [6, 6.07) is 12.7. The van der Waals surface area contributed by atoms with E-state index in [0.717, 1.165) is 5.56 Å². The molecular formula is C16H14N2O3. The molecule has 0 spiro atoms. The highest BCUT2D eigenvalue weighted by atomic mass is 16.5. The van der Waals surface area contributed by atoms with E-state index < -0.39 is 0 Å². The molecule has 2 aromatic carbocycles. The van der Waals surface area contributed by atoms with Crippen LogP contribution in [0.3, 0.4) is 0 Å². The number of aromatic nitrogens is 2. The van der Waals surface area contributed by atoms with Crippen LogP contribution >= 0.6 is 0 Å². The van der Waals surface area contributed by atoms with Crippen LogP contribution in [-0.2, 0) is 6.42 Å². The first-order valence-electron chi connectivity index (χ1n) is 6.53. The number of benzene rings is 2. The summed E-state index contributed by atoms with van der Waals surface area (Å²) in [5.74, 6) is 0.232. The normalized spacial score (nSPS) is 10.7. The minimum absolute atomic E-state index is 0.186. The molecule has 3 aromatic rings. The Morgan fingerprint density at radius 3 is 2.57 bits per heavy atom. The summed E-state index contributed by atoms with van der Waals surface area (Å²) in [5.41, 5.74) is 2.59. The standard InChI is InChI=1S/C16H14N2O3/c1-10-5-7-11(8-6-10)9-14-17-16(21-18-14)12-3-2-4-13(19)15(12)20/h2-8,19-20H,9H2,1H3. The van der Waals surface area contributed by atoms with Gasteiger partial charge < -0.3 is 14.7 Å². The molecule has 0 unspecified atom stereocenters. The summed E-state index contributed by atoms with van der Waals surface area (Å²) in [6.45, 7) is 2.03. The fraction of sp³-hybridized carbons (Fsp3) is 0.125. The fourth-order valence-corrected chi connectivity index (χ4v) is 2.03. The zero-order chi connectivity index (χ0) is 14.8. The number of phenolic OH excluding ortho intramolecular Hbond substituents is 2. The average Bonchev–Trinajstić information content (AvgIpc) is 2.93. The number of phenols is 2. The van der Waals surface area contributed by atoms with Crippen molar-refractivity contribution < 1.29 is 14.7 Å². The second kappa shape index (κ2) is 5.28. The van der Waals surface area contributed by atoms with Crippen molar-refractivity contribution in [3.8, 4) is 23.0 Å². The van der Waals surface area contributed by atoms with Crippen molar-refractivity contribution in [2.75, 3.05) is 0 Å². The molecule has 21 heavy (non-hydrogen) atoms. The minimum atomic E-state index is -0.261. The Labute approximate surface area is 121 Å². The highest BCUT2D eigenvalue weighted by molar-refractivity contribution is 5.66. The highest BCUT2D eigenvalue weighted by Gasteiger charge is 2.15. The summed E-state index contributed by atoms with van der Waals surface area (Å²) in [7, 11) is 0. The smallest absolute Gasteiger partial charge is 0.261 e. The first-order chi connectivity index (χ1) is 10.1. The lowest BCUT2D eigenvalue weighted by Gasteiger charge is -2.00. The number of hydrogen-bond donors (Lipinski definition) is 2. The van der Waals surface area contributed by atoms with Gasteiger partial charge in [0.25, 0.3) is 5.89 Å². The molecule has 0 atom stereocenters. The van der Waals surface area contributed by atoms with Crippen LogP contribution in [0, 0.1) is 6.92 Å². The molecule has 1 heterocycles. The van der Waals surface area contributed by atoms with E-state index in [4.69, 9.17) is 4.52 Å². The van der Waals surface area contributed by atoms with Crippen molar-refractivity contribution in [1.82, 2.24) is 10.1 Å². The van der Waals surface area contributed by atoms with Crippen LogP contribution in [0.25, 0.3) is 11.5 Å². The van der Waals surface area contributed by atoms with E-state index in [9.17, 15) is 10.2 Å². The molecule has 0 saturated carbocycles. The Bertz CT molecular complexity index is 763. The maximum absolute atomic E-state index is 9.80. The number of aromatic hydroxyl groups is 2. The first kappa shape index (κ1) is 13.2. The van der Waals surface area contributed by atoms with Gasteiger partial charge in [-0.3, -0.25) is 0 Å². The number of para-hydroxylation sites is 1. The third kappa shape index (κ3) is 2.72. The van der Waals surface area contributed by atoms with Gasteiger partial charge in [0.2, 0.25) is 0 Å². The van der Waals surface area contributed by atoms with Gasteiger partial charge >= 0.3 is 0 Å². The topological polar surface area (TPSA) is 79.4 Å². The Morgan fingerprint density at radius 1 is 1.05 bits per heavy atom. The van der Waals surface area contributed by atoms with Gasteiger partial charge in [-0.05, 0) is 24.6 Å². The van der Waals surface area contributed by atoms with Gasteiger partial charge in [0.1, 0.15) is 0 Å². The van der Waals surface area contributed by atoms with Crippen molar-refractivity contribution in [3.63, 3.8) is 0 Å². The van der Waals surface area contributed by atoms with E-state index in [1.807, 2.05) is 31.2 Å². The largest absolute Gasteiger partial charge is 0.504 e. The molecule has 5 heteroatoms. The Hall–Kier alpha value is -2.82. The van der Waals surface area contributed by atoms with Gasteiger partial charge in [0, 0.05) is 6.42 Å². The van der Waals surface area contributed by atoms with Gasteiger partial charge in [0.15, 0.2) is 17.3 Å². The van der Waals surface area contributed by atoms with E-state index in [2.05, 4.69) is 10.1 Å². The number of rotatable bonds is 3. The van der Waals surface area contributed by atoms with E-state index in [0.29, 0.717) is 17.8 Å². The van der Waals surface area contributed by atoms with Crippen LogP contribution in [0.4, 0.5) is 0 Å². The molecule has 0 bridgehead atoms. The molecule has 0 radical (unpaired) electrons. The maximum Gasteiger partial charge on any atom is 0.261 e. The lowest BCUT2D eigenvalue weighted by Crippen LogP contribution is -1.91. The van der Waals surface area contributed by atoms with Crippen molar-refractivity contribution in [3.05, 3.63) is 59.4 Å². The molecular weight excluding hydrogens is 268 g/mol. The summed E-state index contributed by atoms with van der Waals surface area (Å²) < 4.78 is 5.15. The molecule has 0 fully saturated rings. The number of nitrogens with zero attached hydrogens (tertiary/aromatic N) is 2. The highest BCUT2D eigenvalue weighted by Crippen LogP contribution is 2.35. The van der Waals surface area contributed by atoms with Crippen molar-refractivity contribution >= 4 is 0 Å². The van der Waals surface area contributed by atoms with Gasteiger partial charge in [-0.1, -0.05) is 41.1 Å². The first-order valence-corrected chi connectivity index (χ1v) is 6.53. The van der Waals surface area contributed by atoms with Gasteiger partial charge in [-0.2, -0.15) is 4.98 Å². The monoisotopic (exact) mass is 282 g/mol. The predicted molar refractivity (Wildman–Crippen MR) is 77.0 cm³/mol. The third-order valence-electron chi connectivity index (χ3n) is 3.20. The maximum atomic E-state index is 9.80. The van der Waals surface area contributed by atoms with Crippen LogP contribution in [0.5, 0.6) is 11.5 Å². The van der Waals surface area contributed by atoms with Gasteiger partial charge in [-0.15, -0.1) is 0 Å². The Kier molecular flexibility index (Phi) is 3.31. The van der Waals surface area contributed by atoms with Crippen LogP contribution < -0.4 is 0 Å². The lowest BCUT2D eigenvalue weighted by molar-refractivity contribution is 0.396. The molecule has 0 aliphatic heterocycles. The second-order valence-corrected chi connectivity index (χ2v) is 4.85. The van der Waals surface area contributed by atoms with E-state index in [1.54, 1.807) is 12.1 Å². The van der Waals surface area contributed by atoms with Crippen LogP contribution in [0.2, 0.25) is 0 Å². The van der Waals surface area contributed by atoms with Crippen LogP contribution in [0.15, 0.2) is 47.0 Å². The second-order valence-electron chi connectivity index (χ2n) is 4.85. The Morgan fingerprint density at radius 2 is 1.81 bits per heavy atom. The SMILES string of the molecule is Cc1ccc(Cc2noc(-c3cccc(O)c3O)n2)cc1. The molecule has 0 aliphatic carbocycles. The van der Waals surface area contributed by atoms with E-state index >= 15 is 0 Å². The fourth-order valence-electron chi connectivity index (χ4n) is 2.03. The van der Waals surface area contributed by atoms with Gasteiger partial charge in [0.05, 0.1) is 5.56 Å². The summed E-state index contributed by atoms with van der Waals surface area (Å²) >= 11 is 0. The van der Waals surface area contributed by atoms with Crippen molar-refractivity contribution in [2.24, 2.45) is 0 Å². The molecule has 0 aliphatic rings. The van der Waals surface area contributed by atoms with E-state index in [1.165, 1.54) is 11.6 Å². The molecule has 106 valence electrons. The molecule has 0 saturated heterocycles.